The maximum absolute atomic E-state index is 11.2. The van der Waals surface area contributed by atoms with Gasteiger partial charge in [0.2, 0.25) is 5.76 Å². The molecule has 5 heteroatoms. The molecule has 0 bridgehead atoms. The van der Waals surface area contributed by atoms with Crippen LogP contribution in [0.5, 0.6) is 0 Å². The Balaban J connectivity index is 2.47. The number of methoxy groups -OCH3 is 1. The Hall–Kier alpha value is -1.45. The van der Waals surface area contributed by atoms with E-state index in [2.05, 4.69) is 4.74 Å². The number of hydrogen-bond donors (Lipinski definition) is 0. The summed E-state index contributed by atoms with van der Waals surface area (Å²) in [5.41, 5.74) is 0.561. The fraction of sp³-hybridized carbons (Fsp3) is 0.0833. The normalized spacial score (nSPS) is 10.3. The van der Waals surface area contributed by atoms with Crippen LogP contribution in [0.4, 0.5) is 0 Å². The highest BCUT2D eigenvalue weighted by molar-refractivity contribution is 6.39. The SMILES string of the molecule is COC(=O)c1ccc(-c2c(Cl)cccc2Cl)o1. The van der Waals surface area contributed by atoms with Crippen molar-refractivity contribution in [3.63, 3.8) is 0 Å². The molecule has 1 aromatic carbocycles. The lowest BCUT2D eigenvalue weighted by Crippen LogP contribution is -1.98. The Morgan fingerprint density at radius 3 is 2.41 bits per heavy atom. The number of rotatable bonds is 2. The van der Waals surface area contributed by atoms with Crippen LogP contribution < -0.4 is 0 Å². The smallest absolute Gasteiger partial charge is 0.373 e. The number of ether oxygens (including phenoxy) is 1. The van der Waals surface area contributed by atoms with Crippen LogP contribution in [0.1, 0.15) is 10.6 Å². The van der Waals surface area contributed by atoms with E-state index in [1.165, 1.54) is 13.2 Å². The number of halogens is 2. The second kappa shape index (κ2) is 4.82. The zero-order valence-corrected chi connectivity index (χ0v) is 10.4. The molecule has 0 atom stereocenters. The Bertz CT molecular complexity index is 540. The molecule has 0 saturated carbocycles. The van der Waals surface area contributed by atoms with Crippen LogP contribution in [0.15, 0.2) is 34.7 Å². The zero-order valence-electron chi connectivity index (χ0n) is 8.87. The molecule has 0 saturated heterocycles. The lowest BCUT2D eigenvalue weighted by molar-refractivity contribution is 0.0566. The number of esters is 1. The van der Waals surface area contributed by atoms with Crippen LogP contribution in [0.2, 0.25) is 10.0 Å². The van der Waals surface area contributed by atoms with E-state index in [9.17, 15) is 4.79 Å². The lowest BCUT2D eigenvalue weighted by Gasteiger charge is -2.02. The number of hydrogen-bond acceptors (Lipinski definition) is 3. The molecular formula is C12H8Cl2O3. The third-order valence-corrected chi connectivity index (χ3v) is 2.83. The summed E-state index contributed by atoms with van der Waals surface area (Å²) in [6.07, 6.45) is 0. The van der Waals surface area contributed by atoms with E-state index in [-0.39, 0.29) is 5.76 Å². The Labute approximate surface area is 108 Å². The van der Waals surface area contributed by atoms with Crippen LogP contribution in [-0.4, -0.2) is 13.1 Å². The third kappa shape index (κ3) is 2.30. The molecule has 3 nitrogen and oxygen atoms in total. The fourth-order valence-corrected chi connectivity index (χ4v) is 2.00. The molecule has 0 spiro atoms. The third-order valence-electron chi connectivity index (χ3n) is 2.20. The number of carbonyl (C=O) groups is 1. The molecular weight excluding hydrogens is 263 g/mol. The van der Waals surface area contributed by atoms with Gasteiger partial charge in [0.15, 0.2) is 0 Å². The summed E-state index contributed by atoms with van der Waals surface area (Å²) >= 11 is 12.1. The summed E-state index contributed by atoms with van der Waals surface area (Å²) in [5.74, 6) is -0.00101. The van der Waals surface area contributed by atoms with Crippen LogP contribution in [0, 0.1) is 0 Å². The molecule has 0 aliphatic heterocycles. The first-order valence-electron chi connectivity index (χ1n) is 4.76. The van der Waals surface area contributed by atoms with Crippen LogP contribution >= 0.6 is 23.2 Å². The van der Waals surface area contributed by atoms with Crippen molar-refractivity contribution in [1.29, 1.82) is 0 Å². The van der Waals surface area contributed by atoms with Gasteiger partial charge in [0.05, 0.1) is 22.7 Å². The van der Waals surface area contributed by atoms with Crippen molar-refractivity contribution in [2.75, 3.05) is 7.11 Å². The van der Waals surface area contributed by atoms with Gasteiger partial charge in [-0.1, -0.05) is 29.3 Å². The van der Waals surface area contributed by atoms with Crippen LogP contribution in [0.25, 0.3) is 11.3 Å². The quantitative estimate of drug-likeness (QED) is 0.774. The Morgan fingerprint density at radius 1 is 1.18 bits per heavy atom. The van der Waals surface area contributed by atoms with Crippen molar-refractivity contribution in [2.24, 2.45) is 0 Å². The predicted molar refractivity (Wildman–Crippen MR) is 65.5 cm³/mol. The summed E-state index contributed by atoms with van der Waals surface area (Å²) < 4.78 is 9.89. The minimum atomic E-state index is -0.542. The first kappa shape index (κ1) is 12.0. The molecule has 0 N–H and O–H groups in total. The van der Waals surface area contributed by atoms with Gasteiger partial charge in [0, 0.05) is 0 Å². The Morgan fingerprint density at radius 2 is 1.82 bits per heavy atom. The molecule has 88 valence electrons. The molecule has 0 fully saturated rings. The van der Waals surface area contributed by atoms with Crippen molar-refractivity contribution in [1.82, 2.24) is 0 Å². The van der Waals surface area contributed by atoms with Crippen molar-refractivity contribution in [3.8, 4) is 11.3 Å². The second-order valence-electron chi connectivity index (χ2n) is 3.25. The molecule has 2 rings (SSSR count). The molecule has 1 heterocycles. The van der Waals surface area contributed by atoms with Crippen molar-refractivity contribution in [3.05, 3.63) is 46.1 Å². The summed E-state index contributed by atoms with van der Waals surface area (Å²) in [7, 11) is 1.28. The summed E-state index contributed by atoms with van der Waals surface area (Å²) in [5, 5.41) is 0.923. The highest BCUT2D eigenvalue weighted by Gasteiger charge is 2.16. The molecule has 0 radical (unpaired) electrons. The van der Waals surface area contributed by atoms with E-state index in [1.807, 2.05) is 0 Å². The molecule has 2 aromatic rings. The fourth-order valence-electron chi connectivity index (χ4n) is 1.42. The summed E-state index contributed by atoms with van der Waals surface area (Å²) in [6.45, 7) is 0. The Kier molecular flexibility index (Phi) is 3.41. The van der Waals surface area contributed by atoms with Gasteiger partial charge in [0.25, 0.3) is 0 Å². The van der Waals surface area contributed by atoms with Crippen LogP contribution in [-0.2, 0) is 4.74 Å². The van der Waals surface area contributed by atoms with Crippen molar-refractivity contribution < 1.29 is 13.9 Å². The molecule has 1 aromatic heterocycles. The highest BCUT2D eigenvalue weighted by Crippen LogP contribution is 2.35. The van der Waals surface area contributed by atoms with Crippen molar-refractivity contribution >= 4 is 29.2 Å². The van der Waals surface area contributed by atoms with Gasteiger partial charge in [-0.05, 0) is 24.3 Å². The predicted octanol–water partition coefficient (Wildman–Crippen LogP) is 4.04. The van der Waals surface area contributed by atoms with Gasteiger partial charge in [0.1, 0.15) is 5.76 Å². The van der Waals surface area contributed by atoms with E-state index in [1.54, 1.807) is 24.3 Å². The zero-order chi connectivity index (χ0) is 12.4. The van der Waals surface area contributed by atoms with Crippen LogP contribution in [0.3, 0.4) is 0 Å². The summed E-state index contributed by atoms with van der Waals surface area (Å²) in [4.78, 5) is 11.2. The van der Waals surface area contributed by atoms with Crippen molar-refractivity contribution in [2.45, 2.75) is 0 Å². The highest BCUT2D eigenvalue weighted by atomic mass is 35.5. The molecule has 17 heavy (non-hydrogen) atoms. The molecule has 0 aliphatic carbocycles. The van der Waals surface area contributed by atoms with E-state index < -0.39 is 5.97 Å². The van der Waals surface area contributed by atoms with Gasteiger partial charge in [-0.15, -0.1) is 0 Å². The minimum absolute atomic E-state index is 0.110. The largest absolute Gasteiger partial charge is 0.463 e. The van der Waals surface area contributed by atoms with E-state index in [0.717, 1.165) is 0 Å². The maximum Gasteiger partial charge on any atom is 0.373 e. The first-order chi connectivity index (χ1) is 8.13. The standard InChI is InChI=1S/C12H8Cl2O3/c1-16-12(15)10-6-5-9(17-10)11-7(13)3-2-4-8(11)14/h2-6H,1H3. The summed E-state index contributed by atoms with van der Waals surface area (Å²) in [6, 6.07) is 8.27. The molecule has 0 unspecified atom stereocenters. The second-order valence-corrected chi connectivity index (χ2v) is 4.07. The van der Waals surface area contributed by atoms with Gasteiger partial charge >= 0.3 is 5.97 Å². The number of furan rings is 1. The maximum atomic E-state index is 11.2. The number of benzene rings is 1. The first-order valence-corrected chi connectivity index (χ1v) is 5.51. The molecule has 0 amide bonds. The minimum Gasteiger partial charge on any atom is -0.463 e. The molecule has 0 aliphatic rings. The van der Waals surface area contributed by atoms with Gasteiger partial charge in [-0.2, -0.15) is 0 Å². The number of carbonyl (C=O) groups excluding carboxylic acids is 1. The average molecular weight is 271 g/mol. The van der Waals surface area contributed by atoms with E-state index in [0.29, 0.717) is 21.4 Å². The van der Waals surface area contributed by atoms with Gasteiger partial charge in [-0.3, -0.25) is 0 Å². The van der Waals surface area contributed by atoms with E-state index in [4.69, 9.17) is 27.6 Å². The van der Waals surface area contributed by atoms with Gasteiger partial charge in [-0.25, -0.2) is 4.79 Å². The monoisotopic (exact) mass is 270 g/mol. The topological polar surface area (TPSA) is 39.4 Å². The van der Waals surface area contributed by atoms with E-state index >= 15 is 0 Å². The average Bonchev–Trinajstić information content (AvgIpc) is 2.77. The van der Waals surface area contributed by atoms with Gasteiger partial charge < -0.3 is 9.15 Å². The lowest BCUT2D eigenvalue weighted by atomic mass is 10.2.